The van der Waals surface area contributed by atoms with Gasteiger partial charge in [-0.15, -0.1) is 0 Å². The van der Waals surface area contributed by atoms with Crippen molar-refractivity contribution in [3.63, 3.8) is 0 Å². The molecule has 0 amide bonds. The SMILES string of the molecule is c1cc(CC2CNCc3ccccc32)cc(OC2CC2)c1. The fourth-order valence-corrected chi connectivity index (χ4v) is 3.18. The number of benzene rings is 2. The van der Waals surface area contributed by atoms with Crippen LogP contribution in [0.2, 0.25) is 0 Å². The Morgan fingerprint density at radius 3 is 2.86 bits per heavy atom. The summed E-state index contributed by atoms with van der Waals surface area (Å²) in [6.45, 7) is 2.06. The largest absolute Gasteiger partial charge is 0.490 e. The first kappa shape index (κ1) is 12.9. The molecule has 1 heterocycles. The molecule has 2 nitrogen and oxygen atoms in total. The van der Waals surface area contributed by atoms with Crippen LogP contribution in [0.3, 0.4) is 0 Å². The number of hydrogen-bond acceptors (Lipinski definition) is 2. The molecule has 1 atom stereocenters. The Hall–Kier alpha value is -1.80. The Kier molecular flexibility index (Phi) is 3.40. The van der Waals surface area contributed by atoms with E-state index in [0.29, 0.717) is 12.0 Å². The van der Waals surface area contributed by atoms with Gasteiger partial charge in [-0.3, -0.25) is 0 Å². The van der Waals surface area contributed by atoms with Crippen molar-refractivity contribution in [2.75, 3.05) is 6.54 Å². The highest BCUT2D eigenvalue weighted by Crippen LogP contribution is 2.30. The van der Waals surface area contributed by atoms with Gasteiger partial charge < -0.3 is 10.1 Å². The molecule has 21 heavy (non-hydrogen) atoms. The minimum Gasteiger partial charge on any atom is -0.490 e. The molecular formula is C19H21NO. The van der Waals surface area contributed by atoms with Crippen molar-refractivity contribution < 1.29 is 4.74 Å². The van der Waals surface area contributed by atoms with Crippen LogP contribution in [-0.2, 0) is 13.0 Å². The normalized spacial score (nSPS) is 20.9. The fraction of sp³-hybridized carbons (Fsp3) is 0.368. The Bertz CT molecular complexity index is 633. The number of rotatable bonds is 4. The van der Waals surface area contributed by atoms with E-state index in [1.807, 2.05) is 0 Å². The van der Waals surface area contributed by atoms with E-state index in [9.17, 15) is 0 Å². The molecule has 2 aromatic rings. The topological polar surface area (TPSA) is 21.3 Å². The maximum absolute atomic E-state index is 5.91. The van der Waals surface area contributed by atoms with Crippen LogP contribution in [0.5, 0.6) is 5.75 Å². The van der Waals surface area contributed by atoms with Crippen LogP contribution in [0.1, 0.15) is 35.4 Å². The number of hydrogen-bond donors (Lipinski definition) is 1. The molecule has 1 unspecified atom stereocenters. The van der Waals surface area contributed by atoms with Gasteiger partial charge in [-0.05, 0) is 48.1 Å². The van der Waals surface area contributed by atoms with Crippen molar-refractivity contribution in [2.45, 2.75) is 37.8 Å². The summed E-state index contributed by atoms with van der Waals surface area (Å²) >= 11 is 0. The fourth-order valence-electron chi connectivity index (χ4n) is 3.18. The third kappa shape index (κ3) is 2.96. The lowest BCUT2D eigenvalue weighted by Crippen LogP contribution is -2.29. The molecule has 2 aliphatic rings. The average molecular weight is 279 g/mol. The second kappa shape index (κ2) is 5.53. The second-order valence-corrected chi connectivity index (χ2v) is 6.20. The molecule has 0 spiro atoms. The van der Waals surface area contributed by atoms with Crippen molar-refractivity contribution in [1.82, 2.24) is 5.32 Å². The van der Waals surface area contributed by atoms with Crippen LogP contribution < -0.4 is 10.1 Å². The second-order valence-electron chi connectivity index (χ2n) is 6.20. The third-order valence-electron chi connectivity index (χ3n) is 4.41. The van der Waals surface area contributed by atoms with Gasteiger partial charge >= 0.3 is 0 Å². The molecule has 1 saturated carbocycles. The molecular weight excluding hydrogens is 258 g/mol. The maximum Gasteiger partial charge on any atom is 0.119 e. The first-order valence-electron chi connectivity index (χ1n) is 7.92. The van der Waals surface area contributed by atoms with Crippen molar-refractivity contribution in [3.05, 3.63) is 65.2 Å². The summed E-state index contributed by atoms with van der Waals surface area (Å²) in [5.74, 6) is 1.60. The van der Waals surface area contributed by atoms with E-state index >= 15 is 0 Å². The van der Waals surface area contributed by atoms with Gasteiger partial charge in [-0.2, -0.15) is 0 Å². The minimum absolute atomic E-state index is 0.470. The highest BCUT2D eigenvalue weighted by atomic mass is 16.5. The van der Waals surface area contributed by atoms with E-state index in [4.69, 9.17) is 4.74 Å². The Labute approximate surface area is 126 Å². The van der Waals surface area contributed by atoms with E-state index in [1.165, 1.54) is 29.5 Å². The van der Waals surface area contributed by atoms with Gasteiger partial charge in [0.25, 0.3) is 0 Å². The van der Waals surface area contributed by atoms with Gasteiger partial charge in [0.15, 0.2) is 0 Å². The van der Waals surface area contributed by atoms with Gasteiger partial charge in [-0.1, -0.05) is 36.4 Å². The van der Waals surface area contributed by atoms with Crippen molar-refractivity contribution in [3.8, 4) is 5.75 Å². The lowest BCUT2D eigenvalue weighted by atomic mass is 9.86. The summed E-state index contributed by atoms with van der Waals surface area (Å²) in [7, 11) is 0. The molecule has 0 saturated heterocycles. The predicted molar refractivity (Wildman–Crippen MR) is 84.7 cm³/mol. The van der Waals surface area contributed by atoms with E-state index in [2.05, 4.69) is 53.8 Å². The van der Waals surface area contributed by atoms with Crippen molar-refractivity contribution in [2.24, 2.45) is 0 Å². The van der Waals surface area contributed by atoms with E-state index in [0.717, 1.165) is 25.3 Å². The molecule has 4 rings (SSSR count). The zero-order valence-electron chi connectivity index (χ0n) is 12.2. The zero-order chi connectivity index (χ0) is 14.1. The Morgan fingerprint density at radius 1 is 1.05 bits per heavy atom. The maximum atomic E-state index is 5.91. The molecule has 108 valence electrons. The number of nitrogens with one attached hydrogen (secondary N) is 1. The third-order valence-corrected chi connectivity index (χ3v) is 4.41. The van der Waals surface area contributed by atoms with E-state index < -0.39 is 0 Å². The molecule has 1 fully saturated rings. The van der Waals surface area contributed by atoms with Crippen LogP contribution in [0.15, 0.2) is 48.5 Å². The quantitative estimate of drug-likeness (QED) is 0.922. The first-order chi connectivity index (χ1) is 10.4. The average Bonchev–Trinajstić information content (AvgIpc) is 3.32. The van der Waals surface area contributed by atoms with Crippen LogP contribution in [0.4, 0.5) is 0 Å². The van der Waals surface area contributed by atoms with Crippen molar-refractivity contribution >= 4 is 0 Å². The summed E-state index contributed by atoms with van der Waals surface area (Å²) in [5.41, 5.74) is 4.32. The highest BCUT2D eigenvalue weighted by Gasteiger charge is 2.24. The minimum atomic E-state index is 0.470. The Morgan fingerprint density at radius 2 is 1.95 bits per heavy atom. The van der Waals surface area contributed by atoms with Gasteiger partial charge in [0.2, 0.25) is 0 Å². The van der Waals surface area contributed by atoms with Crippen LogP contribution in [0.25, 0.3) is 0 Å². The molecule has 2 heteroatoms. The molecule has 0 bridgehead atoms. The zero-order valence-corrected chi connectivity index (χ0v) is 12.2. The summed E-state index contributed by atoms with van der Waals surface area (Å²) < 4.78 is 5.91. The predicted octanol–water partition coefficient (Wildman–Crippen LogP) is 3.66. The monoisotopic (exact) mass is 279 g/mol. The molecule has 1 aliphatic heterocycles. The molecule has 1 N–H and O–H groups in total. The Balaban J connectivity index is 1.53. The van der Waals surface area contributed by atoms with Crippen LogP contribution >= 0.6 is 0 Å². The smallest absolute Gasteiger partial charge is 0.119 e. The summed E-state index contributed by atoms with van der Waals surface area (Å²) in [5, 5.41) is 3.54. The lowest BCUT2D eigenvalue weighted by molar-refractivity contribution is 0.303. The standard InChI is InChI=1S/C19H21NO/c1-2-7-19-15(5-1)12-20-13-16(19)10-14-4-3-6-18(11-14)21-17-8-9-17/h1-7,11,16-17,20H,8-10,12-13H2. The van der Waals surface area contributed by atoms with Gasteiger partial charge in [-0.25, -0.2) is 0 Å². The van der Waals surface area contributed by atoms with Crippen LogP contribution in [-0.4, -0.2) is 12.6 Å². The molecule has 2 aromatic carbocycles. The summed E-state index contributed by atoms with van der Waals surface area (Å²) in [6, 6.07) is 17.4. The molecule has 0 aromatic heterocycles. The molecule has 0 radical (unpaired) electrons. The summed E-state index contributed by atoms with van der Waals surface area (Å²) in [4.78, 5) is 0. The van der Waals surface area contributed by atoms with E-state index in [1.54, 1.807) is 0 Å². The van der Waals surface area contributed by atoms with Gasteiger partial charge in [0, 0.05) is 19.0 Å². The number of ether oxygens (including phenoxy) is 1. The van der Waals surface area contributed by atoms with E-state index in [-0.39, 0.29) is 0 Å². The summed E-state index contributed by atoms with van der Waals surface area (Å²) in [6.07, 6.45) is 3.97. The van der Waals surface area contributed by atoms with Crippen molar-refractivity contribution in [1.29, 1.82) is 0 Å². The number of fused-ring (bicyclic) bond motifs is 1. The van der Waals surface area contributed by atoms with Crippen LogP contribution in [0, 0.1) is 0 Å². The highest BCUT2D eigenvalue weighted by molar-refractivity contribution is 5.36. The molecule has 1 aliphatic carbocycles. The lowest BCUT2D eigenvalue weighted by Gasteiger charge is -2.26. The van der Waals surface area contributed by atoms with Gasteiger partial charge in [0.05, 0.1) is 6.10 Å². The van der Waals surface area contributed by atoms with Gasteiger partial charge in [0.1, 0.15) is 5.75 Å². The first-order valence-corrected chi connectivity index (χ1v) is 7.92.